The molecule has 0 saturated carbocycles. The van der Waals surface area contributed by atoms with Gasteiger partial charge >= 0.3 is 6.18 Å². The maximum Gasteiger partial charge on any atom is 0.390 e. The van der Waals surface area contributed by atoms with E-state index in [0.29, 0.717) is 0 Å². The number of hydrogen-bond donors (Lipinski definition) is 1. The maximum absolute atomic E-state index is 11.9. The van der Waals surface area contributed by atoms with Crippen LogP contribution in [0.2, 0.25) is 0 Å². The zero-order chi connectivity index (χ0) is 14.6. The lowest BCUT2D eigenvalue weighted by molar-refractivity contribution is -0.144. The van der Waals surface area contributed by atoms with E-state index in [4.69, 9.17) is 5.73 Å². The lowest BCUT2D eigenvalue weighted by Crippen LogP contribution is -2.43. The summed E-state index contributed by atoms with van der Waals surface area (Å²) in [6, 6.07) is -1.10. The van der Waals surface area contributed by atoms with Crippen LogP contribution in [0.5, 0.6) is 0 Å². The second kappa shape index (κ2) is 6.37. The van der Waals surface area contributed by atoms with Gasteiger partial charge in [0.2, 0.25) is 5.91 Å². The summed E-state index contributed by atoms with van der Waals surface area (Å²) < 4.78 is 57.5. The molecule has 0 heterocycles. The number of alkyl halides is 3. The maximum atomic E-state index is 11.9. The molecule has 1 atom stereocenters. The summed E-state index contributed by atoms with van der Waals surface area (Å²) in [5.74, 6) is -0.963. The summed E-state index contributed by atoms with van der Waals surface area (Å²) in [6.07, 6.45) is -4.56. The third kappa shape index (κ3) is 8.29. The molecular formula is C9H17F3N2O3S. The molecule has 18 heavy (non-hydrogen) atoms. The molecule has 0 bridgehead atoms. The van der Waals surface area contributed by atoms with E-state index in [2.05, 4.69) is 0 Å². The molecule has 0 aliphatic carbocycles. The first kappa shape index (κ1) is 17.2. The van der Waals surface area contributed by atoms with Gasteiger partial charge in [-0.1, -0.05) is 0 Å². The van der Waals surface area contributed by atoms with Gasteiger partial charge in [0.25, 0.3) is 0 Å². The van der Waals surface area contributed by atoms with Crippen LogP contribution < -0.4 is 5.73 Å². The molecule has 0 aliphatic rings. The number of carbonyl (C=O) groups excluding carboxylic acids is 1. The van der Waals surface area contributed by atoms with Crippen LogP contribution in [0.15, 0.2) is 0 Å². The van der Waals surface area contributed by atoms with E-state index in [9.17, 15) is 26.4 Å². The molecule has 2 N–H and O–H groups in total. The molecule has 0 saturated heterocycles. The highest BCUT2D eigenvalue weighted by Crippen LogP contribution is 2.19. The molecule has 0 aromatic carbocycles. The number of nitrogens with two attached hydrogens (primary N) is 1. The van der Waals surface area contributed by atoms with Crippen molar-refractivity contribution in [2.24, 2.45) is 5.73 Å². The molecule has 0 radical (unpaired) electrons. The molecule has 0 aromatic rings. The third-order valence-corrected chi connectivity index (χ3v) is 3.20. The Hall–Kier alpha value is -0.830. The van der Waals surface area contributed by atoms with Crippen LogP contribution >= 0.6 is 0 Å². The molecule has 108 valence electrons. The van der Waals surface area contributed by atoms with Crippen molar-refractivity contribution in [3.8, 4) is 0 Å². The molecule has 0 aromatic heterocycles. The van der Waals surface area contributed by atoms with Gasteiger partial charge < -0.3 is 10.6 Å². The van der Waals surface area contributed by atoms with E-state index < -0.39 is 40.9 Å². The molecule has 1 unspecified atom stereocenters. The van der Waals surface area contributed by atoms with E-state index in [1.807, 2.05) is 0 Å². The van der Waals surface area contributed by atoms with Crippen molar-refractivity contribution in [3.63, 3.8) is 0 Å². The lowest BCUT2D eigenvalue weighted by Gasteiger charge is -2.21. The monoisotopic (exact) mass is 290 g/mol. The van der Waals surface area contributed by atoms with Crippen molar-refractivity contribution in [1.82, 2.24) is 4.90 Å². The predicted molar refractivity (Wildman–Crippen MR) is 60.6 cm³/mol. The Labute approximate surface area is 104 Å². The average molecular weight is 290 g/mol. The van der Waals surface area contributed by atoms with Gasteiger partial charge in [0.15, 0.2) is 0 Å². The topological polar surface area (TPSA) is 80.5 Å². The second-order valence-corrected chi connectivity index (χ2v) is 6.41. The first-order chi connectivity index (χ1) is 7.92. The van der Waals surface area contributed by atoms with E-state index in [-0.39, 0.29) is 12.2 Å². The number of halogens is 3. The van der Waals surface area contributed by atoms with Crippen molar-refractivity contribution in [1.29, 1.82) is 0 Å². The highest BCUT2D eigenvalue weighted by Gasteiger charge is 2.29. The number of rotatable bonds is 6. The molecule has 0 spiro atoms. The largest absolute Gasteiger partial charge is 0.390 e. The van der Waals surface area contributed by atoms with Crippen LogP contribution in [-0.2, 0) is 14.6 Å². The van der Waals surface area contributed by atoms with Gasteiger partial charge in [-0.25, -0.2) is 8.42 Å². The fourth-order valence-corrected chi connectivity index (χ4v) is 1.83. The van der Waals surface area contributed by atoms with Crippen LogP contribution in [0.4, 0.5) is 13.2 Å². The number of sulfone groups is 1. The Bertz CT molecular complexity index is 381. The standard InChI is InChI=1S/C9H17F3N2O3S/c1-14(5-4-9(10,11)12)8(15)7(13)3-6-18(2,16)17/h7H,3-6,13H2,1-2H3. The van der Waals surface area contributed by atoms with Gasteiger partial charge in [0, 0.05) is 19.8 Å². The number of amides is 1. The van der Waals surface area contributed by atoms with Crippen LogP contribution in [-0.4, -0.2) is 57.0 Å². The molecular weight excluding hydrogens is 273 g/mol. The van der Waals surface area contributed by atoms with Crippen LogP contribution in [0, 0.1) is 0 Å². The van der Waals surface area contributed by atoms with Gasteiger partial charge in [-0.2, -0.15) is 13.2 Å². The Morgan fingerprint density at radius 2 is 1.89 bits per heavy atom. The minimum absolute atomic E-state index is 0.103. The number of likely N-dealkylation sites (N-methyl/N-ethyl adjacent to an activating group) is 1. The number of nitrogens with zero attached hydrogens (tertiary/aromatic N) is 1. The summed E-state index contributed by atoms with van der Waals surface area (Å²) in [7, 11) is -2.04. The molecule has 0 fully saturated rings. The Kier molecular flexibility index (Phi) is 6.08. The quantitative estimate of drug-likeness (QED) is 0.755. The Morgan fingerprint density at radius 1 is 1.39 bits per heavy atom. The minimum Gasteiger partial charge on any atom is -0.344 e. The van der Waals surface area contributed by atoms with Crippen molar-refractivity contribution in [2.75, 3.05) is 25.6 Å². The Morgan fingerprint density at radius 3 is 2.28 bits per heavy atom. The molecule has 0 aliphatic heterocycles. The smallest absolute Gasteiger partial charge is 0.344 e. The molecule has 5 nitrogen and oxygen atoms in total. The fraction of sp³-hybridized carbons (Fsp3) is 0.889. The summed E-state index contributed by atoms with van der Waals surface area (Å²) in [5.41, 5.74) is 5.43. The van der Waals surface area contributed by atoms with E-state index in [0.717, 1.165) is 11.2 Å². The molecule has 0 rings (SSSR count). The molecule has 9 heteroatoms. The summed E-state index contributed by atoms with van der Waals surface area (Å²) in [6.45, 7) is -0.491. The van der Waals surface area contributed by atoms with Crippen molar-refractivity contribution in [2.45, 2.75) is 25.1 Å². The van der Waals surface area contributed by atoms with E-state index in [1.54, 1.807) is 0 Å². The van der Waals surface area contributed by atoms with E-state index in [1.165, 1.54) is 7.05 Å². The van der Waals surface area contributed by atoms with Gasteiger partial charge in [0.1, 0.15) is 9.84 Å². The van der Waals surface area contributed by atoms with Crippen LogP contribution in [0.1, 0.15) is 12.8 Å². The first-order valence-corrected chi connectivity index (χ1v) is 7.23. The van der Waals surface area contributed by atoms with Crippen molar-refractivity contribution >= 4 is 15.7 Å². The third-order valence-electron chi connectivity index (χ3n) is 2.22. The SMILES string of the molecule is CN(CCC(F)(F)F)C(=O)C(N)CCS(C)(=O)=O. The van der Waals surface area contributed by atoms with Gasteiger partial charge in [-0.3, -0.25) is 4.79 Å². The summed E-state index contributed by atoms with van der Waals surface area (Å²) in [5, 5.41) is 0. The zero-order valence-electron chi connectivity index (χ0n) is 10.2. The zero-order valence-corrected chi connectivity index (χ0v) is 11.0. The highest BCUT2D eigenvalue weighted by molar-refractivity contribution is 7.90. The lowest BCUT2D eigenvalue weighted by atomic mass is 10.2. The van der Waals surface area contributed by atoms with Crippen LogP contribution in [0.25, 0.3) is 0 Å². The van der Waals surface area contributed by atoms with Crippen molar-refractivity contribution < 1.29 is 26.4 Å². The van der Waals surface area contributed by atoms with Gasteiger partial charge in [-0.05, 0) is 6.42 Å². The van der Waals surface area contributed by atoms with Crippen molar-refractivity contribution in [3.05, 3.63) is 0 Å². The number of hydrogen-bond acceptors (Lipinski definition) is 4. The first-order valence-electron chi connectivity index (χ1n) is 5.17. The fourth-order valence-electron chi connectivity index (χ4n) is 1.15. The summed E-state index contributed by atoms with van der Waals surface area (Å²) in [4.78, 5) is 12.4. The van der Waals surface area contributed by atoms with Gasteiger partial charge in [-0.15, -0.1) is 0 Å². The Balaban J connectivity index is 4.21. The normalized spacial score (nSPS) is 14.3. The van der Waals surface area contributed by atoms with Gasteiger partial charge in [0.05, 0.1) is 18.2 Å². The predicted octanol–water partition coefficient (Wildman–Crippen LogP) is 0.159. The minimum atomic E-state index is -4.34. The average Bonchev–Trinajstić information content (AvgIpc) is 2.19. The molecule has 1 amide bonds. The second-order valence-electron chi connectivity index (χ2n) is 4.15. The van der Waals surface area contributed by atoms with E-state index >= 15 is 0 Å². The summed E-state index contributed by atoms with van der Waals surface area (Å²) >= 11 is 0. The highest BCUT2D eigenvalue weighted by atomic mass is 32.2. The number of carbonyl (C=O) groups is 1. The van der Waals surface area contributed by atoms with Crippen LogP contribution in [0.3, 0.4) is 0 Å².